The summed E-state index contributed by atoms with van der Waals surface area (Å²) in [6.45, 7) is 4.13. The van der Waals surface area contributed by atoms with Crippen LogP contribution in [0, 0.1) is 0 Å². The summed E-state index contributed by atoms with van der Waals surface area (Å²) in [4.78, 5) is 29.5. The highest BCUT2D eigenvalue weighted by atomic mass is 32.2. The SMILES string of the molecule is C=CCSc1nc2ccc(C(=O)OC)cc2c(=O)n1Cc1ccccc1. The molecule has 0 aliphatic heterocycles. The average molecular weight is 366 g/mol. The van der Waals surface area contributed by atoms with Gasteiger partial charge in [-0.1, -0.05) is 48.2 Å². The Balaban J connectivity index is 2.17. The van der Waals surface area contributed by atoms with Crippen molar-refractivity contribution in [1.82, 2.24) is 9.55 Å². The van der Waals surface area contributed by atoms with Gasteiger partial charge in [-0.05, 0) is 23.8 Å². The van der Waals surface area contributed by atoms with E-state index in [0.29, 0.717) is 33.9 Å². The van der Waals surface area contributed by atoms with E-state index in [1.165, 1.54) is 18.9 Å². The number of carbonyl (C=O) groups excluding carboxylic acids is 1. The van der Waals surface area contributed by atoms with Crippen LogP contribution in [0.2, 0.25) is 0 Å². The van der Waals surface area contributed by atoms with Crippen molar-refractivity contribution in [1.29, 1.82) is 0 Å². The average Bonchev–Trinajstić information content (AvgIpc) is 2.68. The lowest BCUT2D eigenvalue weighted by Gasteiger charge is -2.13. The third kappa shape index (κ3) is 3.70. The van der Waals surface area contributed by atoms with Gasteiger partial charge in [0.15, 0.2) is 5.16 Å². The van der Waals surface area contributed by atoms with Crippen molar-refractivity contribution in [2.45, 2.75) is 11.7 Å². The highest BCUT2D eigenvalue weighted by Gasteiger charge is 2.14. The standard InChI is InChI=1S/C20H18N2O3S/c1-3-11-26-20-21-17-10-9-15(19(24)25-2)12-16(17)18(23)22(20)13-14-7-5-4-6-8-14/h3-10,12H,1,11,13H2,2H3. The van der Waals surface area contributed by atoms with Crippen molar-refractivity contribution >= 4 is 28.6 Å². The minimum absolute atomic E-state index is 0.184. The molecule has 0 fully saturated rings. The molecule has 0 atom stereocenters. The Hall–Kier alpha value is -2.86. The van der Waals surface area contributed by atoms with Gasteiger partial charge in [0, 0.05) is 5.75 Å². The molecule has 3 rings (SSSR count). The van der Waals surface area contributed by atoms with E-state index in [1.807, 2.05) is 30.3 Å². The normalized spacial score (nSPS) is 10.7. The van der Waals surface area contributed by atoms with Crippen molar-refractivity contribution in [2.24, 2.45) is 0 Å². The number of rotatable bonds is 6. The maximum Gasteiger partial charge on any atom is 0.337 e. The molecule has 1 aromatic heterocycles. The van der Waals surface area contributed by atoms with E-state index in [1.54, 1.807) is 28.8 Å². The number of fused-ring (bicyclic) bond motifs is 1. The first kappa shape index (κ1) is 17.9. The van der Waals surface area contributed by atoms with Gasteiger partial charge in [0.25, 0.3) is 5.56 Å². The molecule has 6 heteroatoms. The second kappa shape index (κ2) is 8.01. The highest BCUT2D eigenvalue weighted by Crippen LogP contribution is 2.20. The first-order valence-electron chi connectivity index (χ1n) is 8.04. The predicted molar refractivity (Wildman–Crippen MR) is 104 cm³/mol. The number of ether oxygens (including phenoxy) is 1. The van der Waals surface area contributed by atoms with Crippen molar-refractivity contribution in [3.63, 3.8) is 0 Å². The Morgan fingerprint density at radius 3 is 2.73 bits per heavy atom. The number of esters is 1. The first-order chi connectivity index (χ1) is 12.6. The van der Waals surface area contributed by atoms with Gasteiger partial charge in [0.1, 0.15) is 0 Å². The van der Waals surface area contributed by atoms with Gasteiger partial charge in [-0.25, -0.2) is 9.78 Å². The van der Waals surface area contributed by atoms with Crippen LogP contribution in [0.3, 0.4) is 0 Å². The molecule has 0 saturated carbocycles. The van der Waals surface area contributed by atoms with Gasteiger partial charge in [-0.15, -0.1) is 6.58 Å². The molecule has 5 nitrogen and oxygen atoms in total. The van der Waals surface area contributed by atoms with E-state index < -0.39 is 5.97 Å². The molecule has 26 heavy (non-hydrogen) atoms. The molecule has 3 aromatic rings. The number of hydrogen-bond acceptors (Lipinski definition) is 5. The number of thioether (sulfide) groups is 1. The Morgan fingerprint density at radius 2 is 2.04 bits per heavy atom. The first-order valence-corrected chi connectivity index (χ1v) is 9.03. The van der Waals surface area contributed by atoms with Gasteiger partial charge in [0.05, 0.1) is 30.1 Å². The maximum atomic E-state index is 13.1. The van der Waals surface area contributed by atoms with E-state index in [-0.39, 0.29) is 5.56 Å². The van der Waals surface area contributed by atoms with Crippen LogP contribution in [-0.4, -0.2) is 28.4 Å². The van der Waals surface area contributed by atoms with Crippen LogP contribution < -0.4 is 5.56 Å². The number of hydrogen-bond donors (Lipinski definition) is 0. The van der Waals surface area contributed by atoms with Gasteiger partial charge in [0.2, 0.25) is 0 Å². The number of methoxy groups -OCH3 is 1. The summed E-state index contributed by atoms with van der Waals surface area (Å²) < 4.78 is 6.38. The van der Waals surface area contributed by atoms with Crippen LogP contribution in [-0.2, 0) is 11.3 Å². The topological polar surface area (TPSA) is 61.2 Å². The Morgan fingerprint density at radius 1 is 1.27 bits per heavy atom. The predicted octanol–water partition coefficient (Wildman–Crippen LogP) is 3.51. The van der Waals surface area contributed by atoms with Crippen LogP contribution in [0.25, 0.3) is 10.9 Å². The lowest BCUT2D eigenvalue weighted by molar-refractivity contribution is 0.0601. The number of carbonyl (C=O) groups is 1. The molecule has 0 bridgehead atoms. The largest absolute Gasteiger partial charge is 0.465 e. The van der Waals surface area contributed by atoms with E-state index in [4.69, 9.17) is 4.74 Å². The lowest BCUT2D eigenvalue weighted by Crippen LogP contribution is -2.24. The fraction of sp³-hybridized carbons (Fsp3) is 0.150. The van der Waals surface area contributed by atoms with Gasteiger partial charge < -0.3 is 4.74 Å². The zero-order chi connectivity index (χ0) is 18.5. The number of benzene rings is 2. The fourth-order valence-corrected chi connectivity index (χ4v) is 3.33. The summed E-state index contributed by atoms with van der Waals surface area (Å²) in [6, 6.07) is 14.5. The van der Waals surface area contributed by atoms with Crippen LogP contribution in [0.15, 0.2) is 71.1 Å². The highest BCUT2D eigenvalue weighted by molar-refractivity contribution is 7.99. The van der Waals surface area contributed by atoms with Crippen molar-refractivity contribution in [3.05, 3.63) is 82.7 Å². The summed E-state index contributed by atoms with van der Waals surface area (Å²) in [7, 11) is 1.31. The molecule has 0 aliphatic rings. The quantitative estimate of drug-likeness (QED) is 0.289. The second-order valence-corrected chi connectivity index (χ2v) is 6.58. The molecule has 0 unspecified atom stereocenters. The Bertz CT molecular complexity index is 1010. The third-order valence-electron chi connectivity index (χ3n) is 3.85. The number of nitrogens with zero attached hydrogens (tertiary/aromatic N) is 2. The monoisotopic (exact) mass is 366 g/mol. The molecule has 1 heterocycles. The summed E-state index contributed by atoms with van der Waals surface area (Å²) in [5.74, 6) is 0.165. The second-order valence-electron chi connectivity index (χ2n) is 5.59. The van der Waals surface area contributed by atoms with Crippen LogP contribution >= 0.6 is 11.8 Å². The minimum atomic E-state index is -0.481. The van der Waals surface area contributed by atoms with E-state index in [0.717, 1.165) is 5.56 Å². The molecule has 0 spiro atoms. The molecular formula is C20H18N2O3S. The van der Waals surface area contributed by atoms with Gasteiger partial charge in [-0.2, -0.15) is 0 Å². The molecule has 132 valence electrons. The molecule has 0 aliphatic carbocycles. The van der Waals surface area contributed by atoms with Crippen LogP contribution in [0.5, 0.6) is 0 Å². The lowest BCUT2D eigenvalue weighted by atomic mass is 10.1. The van der Waals surface area contributed by atoms with E-state index in [9.17, 15) is 9.59 Å². The van der Waals surface area contributed by atoms with E-state index >= 15 is 0 Å². The fourth-order valence-electron chi connectivity index (χ4n) is 2.59. The molecule has 0 N–H and O–H groups in total. The van der Waals surface area contributed by atoms with Crippen molar-refractivity contribution in [2.75, 3.05) is 12.9 Å². The van der Waals surface area contributed by atoms with Gasteiger partial charge in [-0.3, -0.25) is 9.36 Å². The number of aromatic nitrogens is 2. The summed E-state index contributed by atoms with van der Waals surface area (Å²) in [6.07, 6.45) is 1.77. The molecule has 0 saturated heterocycles. The minimum Gasteiger partial charge on any atom is -0.465 e. The zero-order valence-corrected chi connectivity index (χ0v) is 15.2. The van der Waals surface area contributed by atoms with Crippen molar-refractivity contribution < 1.29 is 9.53 Å². The zero-order valence-electron chi connectivity index (χ0n) is 14.3. The van der Waals surface area contributed by atoms with Crippen LogP contribution in [0.4, 0.5) is 0 Å². The Kier molecular flexibility index (Phi) is 5.53. The Labute approximate surface area is 155 Å². The summed E-state index contributed by atoms with van der Waals surface area (Å²) >= 11 is 1.45. The summed E-state index contributed by atoms with van der Waals surface area (Å²) in [5, 5.41) is 1.02. The summed E-state index contributed by atoms with van der Waals surface area (Å²) in [5.41, 5.74) is 1.70. The smallest absolute Gasteiger partial charge is 0.337 e. The van der Waals surface area contributed by atoms with Crippen molar-refractivity contribution in [3.8, 4) is 0 Å². The molecule has 2 aromatic carbocycles. The van der Waals surface area contributed by atoms with Gasteiger partial charge >= 0.3 is 5.97 Å². The third-order valence-corrected chi connectivity index (χ3v) is 4.83. The molecule has 0 amide bonds. The maximum absolute atomic E-state index is 13.1. The van der Waals surface area contributed by atoms with E-state index in [2.05, 4.69) is 11.6 Å². The van der Waals surface area contributed by atoms with Crippen LogP contribution in [0.1, 0.15) is 15.9 Å². The molecular weight excluding hydrogens is 348 g/mol. The molecule has 0 radical (unpaired) electrons.